The molecule has 0 saturated carbocycles. The van der Waals surface area contributed by atoms with Crippen LogP contribution in [-0.2, 0) is 25.9 Å². The third-order valence-corrected chi connectivity index (χ3v) is 6.46. The summed E-state index contributed by atoms with van der Waals surface area (Å²) in [5.74, 6) is 0.543. The van der Waals surface area contributed by atoms with Crippen LogP contribution in [0.3, 0.4) is 0 Å². The molecule has 0 radical (unpaired) electrons. The van der Waals surface area contributed by atoms with Crippen molar-refractivity contribution >= 4 is 16.3 Å². The molecule has 0 N–H and O–H groups in total. The van der Waals surface area contributed by atoms with Crippen LogP contribution in [0.5, 0.6) is 0 Å². The molecule has 1 aliphatic heterocycles. The Bertz CT molecular complexity index is 951. The Morgan fingerprint density at radius 1 is 1.23 bits per heavy atom. The third kappa shape index (κ3) is 3.10. The van der Waals surface area contributed by atoms with E-state index in [9.17, 15) is 4.79 Å². The smallest absolute Gasteiger partial charge is 0.267 e. The fourth-order valence-electron chi connectivity index (χ4n) is 4.22. The van der Waals surface area contributed by atoms with Crippen molar-refractivity contribution in [2.75, 3.05) is 13.1 Å². The van der Waals surface area contributed by atoms with Crippen LogP contribution in [0.15, 0.2) is 28.6 Å². The number of aryl methyl sites for hydroxylation is 2. The Kier molecular flexibility index (Phi) is 4.13. The standard InChI is InChI=1S/C19H23N5OS/c25-18-10-15-2-1-3-17(15)21-24(18)11-14-4-6-22(7-5-14)12-16-13-23-8-9-26-19(23)20-16/h8-10,13-14H,1-7,11-12H2. The summed E-state index contributed by atoms with van der Waals surface area (Å²) in [7, 11) is 0. The van der Waals surface area contributed by atoms with Crippen LogP contribution in [0.4, 0.5) is 0 Å². The molecule has 0 amide bonds. The first kappa shape index (κ1) is 16.2. The predicted octanol–water partition coefficient (Wildman–Crippen LogP) is 2.35. The van der Waals surface area contributed by atoms with Crippen molar-refractivity contribution in [2.45, 2.75) is 45.2 Å². The molecular formula is C19H23N5OS. The molecule has 6 nitrogen and oxygen atoms in total. The van der Waals surface area contributed by atoms with E-state index in [1.807, 2.05) is 6.07 Å². The lowest BCUT2D eigenvalue weighted by atomic mass is 9.96. The first-order valence-corrected chi connectivity index (χ1v) is 10.4. The van der Waals surface area contributed by atoms with E-state index in [0.717, 1.165) is 74.6 Å². The normalized spacial score (nSPS) is 18.6. The van der Waals surface area contributed by atoms with E-state index < -0.39 is 0 Å². The van der Waals surface area contributed by atoms with Crippen LogP contribution in [0.1, 0.15) is 36.2 Å². The molecule has 4 heterocycles. The molecule has 0 unspecified atom stereocenters. The number of hydrogen-bond donors (Lipinski definition) is 0. The summed E-state index contributed by atoms with van der Waals surface area (Å²) < 4.78 is 3.81. The second-order valence-electron chi connectivity index (χ2n) is 7.53. The molecule has 0 spiro atoms. The SMILES string of the molecule is O=c1cc2c(nn1CC1CCN(Cc3cn4ccsc4n3)CC1)CCC2. The Hall–Kier alpha value is -1.99. The number of nitrogens with zero attached hydrogens (tertiary/aromatic N) is 5. The highest BCUT2D eigenvalue weighted by Crippen LogP contribution is 2.22. The molecule has 2 aliphatic rings. The summed E-state index contributed by atoms with van der Waals surface area (Å²) in [6, 6.07) is 1.81. The number of fused-ring (bicyclic) bond motifs is 2. The molecule has 3 aromatic heterocycles. The molecule has 3 aromatic rings. The minimum Gasteiger partial charge on any atom is -0.297 e. The summed E-state index contributed by atoms with van der Waals surface area (Å²) in [5, 5.41) is 6.69. The van der Waals surface area contributed by atoms with Crippen molar-refractivity contribution in [3.05, 3.63) is 51.1 Å². The average Bonchev–Trinajstić information content (AvgIpc) is 3.33. The maximum absolute atomic E-state index is 12.3. The number of piperidine rings is 1. The summed E-state index contributed by atoms with van der Waals surface area (Å²) in [4.78, 5) is 20.5. The van der Waals surface area contributed by atoms with Gasteiger partial charge in [0.2, 0.25) is 0 Å². The summed E-state index contributed by atoms with van der Waals surface area (Å²) in [5.41, 5.74) is 3.53. The van der Waals surface area contributed by atoms with E-state index in [-0.39, 0.29) is 5.56 Å². The van der Waals surface area contributed by atoms with Crippen LogP contribution in [0.2, 0.25) is 0 Å². The highest BCUT2D eigenvalue weighted by Gasteiger charge is 2.22. The third-order valence-electron chi connectivity index (χ3n) is 5.69. The van der Waals surface area contributed by atoms with Crippen molar-refractivity contribution in [2.24, 2.45) is 5.92 Å². The van der Waals surface area contributed by atoms with Gasteiger partial charge in [-0.05, 0) is 56.7 Å². The number of aromatic nitrogens is 4. The molecule has 26 heavy (non-hydrogen) atoms. The van der Waals surface area contributed by atoms with Gasteiger partial charge in [-0.2, -0.15) is 5.10 Å². The molecule has 1 fully saturated rings. The fraction of sp³-hybridized carbons (Fsp3) is 0.526. The topological polar surface area (TPSA) is 55.4 Å². The lowest BCUT2D eigenvalue weighted by molar-refractivity contribution is 0.162. The minimum atomic E-state index is 0.0751. The van der Waals surface area contributed by atoms with Gasteiger partial charge in [-0.15, -0.1) is 11.3 Å². The summed E-state index contributed by atoms with van der Waals surface area (Å²) >= 11 is 1.68. The molecule has 7 heteroatoms. The molecule has 1 saturated heterocycles. The first-order valence-electron chi connectivity index (χ1n) is 9.48. The zero-order valence-corrected chi connectivity index (χ0v) is 15.6. The molecule has 0 bridgehead atoms. The summed E-state index contributed by atoms with van der Waals surface area (Å²) in [6.45, 7) is 3.81. The number of imidazole rings is 1. The predicted molar refractivity (Wildman–Crippen MR) is 102 cm³/mol. The molecule has 0 atom stereocenters. The Morgan fingerprint density at radius 3 is 2.96 bits per heavy atom. The van der Waals surface area contributed by atoms with Gasteiger partial charge in [0.05, 0.1) is 11.4 Å². The van der Waals surface area contributed by atoms with Crippen molar-refractivity contribution in [1.29, 1.82) is 0 Å². The van der Waals surface area contributed by atoms with Crippen molar-refractivity contribution < 1.29 is 0 Å². The number of hydrogen-bond acceptors (Lipinski definition) is 5. The Labute approximate surface area is 156 Å². The molecule has 136 valence electrons. The lowest BCUT2D eigenvalue weighted by Crippen LogP contribution is -2.36. The van der Waals surface area contributed by atoms with Crippen LogP contribution in [0, 0.1) is 5.92 Å². The van der Waals surface area contributed by atoms with Crippen molar-refractivity contribution in [3.8, 4) is 0 Å². The van der Waals surface area contributed by atoms with Gasteiger partial charge in [-0.1, -0.05) is 0 Å². The lowest BCUT2D eigenvalue weighted by Gasteiger charge is -2.31. The van der Waals surface area contributed by atoms with Gasteiger partial charge in [0.1, 0.15) is 0 Å². The van der Waals surface area contributed by atoms with Crippen LogP contribution in [0.25, 0.3) is 4.96 Å². The quantitative estimate of drug-likeness (QED) is 0.708. The highest BCUT2D eigenvalue weighted by molar-refractivity contribution is 7.15. The van der Waals surface area contributed by atoms with E-state index >= 15 is 0 Å². The highest BCUT2D eigenvalue weighted by atomic mass is 32.1. The van der Waals surface area contributed by atoms with Gasteiger partial charge in [-0.25, -0.2) is 9.67 Å². The first-order chi connectivity index (χ1) is 12.7. The second kappa shape index (κ2) is 6.63. The molecule has 0 aromatic carbocycles. The van der Waals surface area contributed by atoms with Gasteiger partial charge in [0.25, 0.3) is 5.56 Å². The summed E-state index contributed by atoms with van der Waals surface area (Å²) in [6.07, 6.45) is 9.60. The Morgan fingerprint density at radius 2 is 2.12 bits per heavy atom. The van der Waals surface area contributed by atoms with E-state index in [1.165, 1.54) is 5.56 Å². The largest absolute Gasteiger partial charge is 0.297 e. The Balaban J connectivity index is 1.19. The number of rotatable bonds is 4. The molecule has 1 aliphatic carbocycles. The number of thiazole rings is 1. The monoisotopic (exact) mass is 369 g/mol. The zero-order chi connectivity index (χ0) is 17.5. The van der Waals surface area contributed by atoms with Crippen molar-refractivity contribution in [1.82, 2.24) is 24.1 Å². The minimum absolute atomic E-state index is 0.0751. The zero-order valence-electron chi connectivity index (χ0n) is 14.8. The number of likely N-dealkylation sites (tertiary alicyclic amines) is 1. The van der Waals surface area contributed by atoms with E-state index in [0.29, 0.717) is 5.92 Å². The van der Waals surface area contributed by atoms with Gasteiger partial charge in [0.15, 0.2) is 4.96 Å². The second-order valence-corrected chi connectivity index (χ2v) is 8.41. The van der Waals surface area contributed by atoms with Crippen LogP contribution < -0.4 is 5.56 Å². The average molecular weight is 369 g/mol. The maximum atomic E-state index is 12.3. The van der Waals surface area contributed by atoms with Crippen molar-refractivity contribution in [3.63, 3.8) is 0 Å². The van der Waals surface area contributed by atoms with Gasteiger partial charge < -0.3 is 0 Å². The molecule has 5 rings (SSSR count). The van der Waals surface area contributed by atoms with E-state index in [1.54, 1.807) is 16.0 Å². The maximum Gasteiger partial charge on any atom is 0.267 e. The van der Waals surface area contributed by atoms with Gasteiger partial charge in [0, 0.05) is 36.9 Å². The van der Waals surface area contributed by atoms with Crippen LogP contribution >= 0.6 is 11.3 Å². The molecular weight excluding hydrogens is 346 g/mol. The van der Waals surface area contributed by atoms with Gasteiger partial charge >= 0.3 is 0 Å². The fourth-order valence-corrected chi connectivity index (χ4v) is 4.94. The van der Waals surface area contributed by atoms with E-state index in [4.69, 9.17) is 0 Å². The van der Waals surface area contributed by atoms with Crippen LogP contribution in [-0.4, -0.2) is 37.2 Å². The van der Waals surface area contributed by atoms with E-state index in [2.05, 4.69) is 37.2 Å². The van der Waals surface area contributed by atoms with Gasteiger partial charge in [-0.3, -0.25) is 14.1 Å².